The largest absolute Gasteiger partial charge is 0.464 e. The fourth-order valence-electron chi connectivity index (χ4n) is 1.97. The third kappa shape index (κ3) is 5.94. The molecule has 0 saturated carbocycles. The number of hydrogen-bond acceptors (Lipinski definition) is 4. The second kappa shape index (κ2) is 9.83. The molecule has 2 unspecified atom stereocenters. The summed E-state index contributed by atoms with van der Waals surface area (Å²) in [4.78, 5) is 11.9. The van der Waals surface area contributed by atoms with Crippen LogP contribution in [-0.2, 0) is 9.53 Å². The highest BCUT2D eigenvalue weighted by molar-refractivity contribution is 7.78. The van der Waals surface area contributed by atoms with Gasteiger partial charge in [0, 0.05) is 5.39 Å². The molecule has 0 aromatic heterocycles. The molecule has 0 bridgehead atoms. The molecule has 2 atom stereocenters. The van der Waals surface area contributed by atoms with Crippen LogP contribution in [-0.4, -0.2) is 18.6 Å². The van der Waals surface area contributed by atoms with Crippen molar-refractivity contribution >= 4 is 35.6 Å². The van der Waals surface area contributed by atoms with E-state index in [0.29, 0.717) is 18.3 Å². The molecular formula is C18H25ClNO3P. The minimum atomic E-state index is -1.51. The van der Waals surface area contributed by atoms with Gasteiger partial charge in [0.2, 0.25) is 0 Å². The van der Waals surface area contributed by atoms with E-state index in [0.717, 1.165) is 10.8 Å². The van der Waals surface area contributed by atoms with Gasteiger partial charge < -0.3 is 9.26 Å². The molecular weight excluding hydrogens is 345 g/mol. The summed E-state index contributed by atoms with van der Waals surface area (Å²) in [5, 5.41) is 5.01. The van der Waals surface area contributed by atoms with Crippen LogP contribution in [0.3, 0.4) is 0 Å². The van der Waals surface area contributed by atoms with E-state index in [1.165, 1.54) is 0 Å². The van der Waals surface area contributed by atoms with Crippen molar-refractivity contribution in [2.75, 3.05) is 6.61 Å². The second-order valence-corrected chi connectivity index (χ2v) is 7.54. The van der Waals surface area contributed by atoms with Crippen LogP contribution in [0.4, 0.5) is 0 Å². The van der Waals surface area contributed by atoms with Gasteiger partial charge >= 0.3 is 5.97 Å². The number of ether oxygens (including phenoxy) is 1. The molecule has 1 N–H and O–H groups in total. The molecule has 0 spiro atoms. The molecule has 0 radical (unpaired) electrons. The molecule has 132 valence electrons. The van der Waals surface area contributed by atoms with Crippen molar-refractivity contribution in [3.63, 3.8) is 0 Å². The predicted molar refractivity (Wildman–Crippen MR) is 102 cm³/mol. The van der Waals surface area contributed by atoms with E-state index in [1.54, 1.807) is 6.92 Å². The number of fused-ring (bicyclic) bond motifs is 1. The first-order valence-corrected chi connectivity index (χ1v) is 9.68. The summed E-state index contributed by atoms with van der Waals surface area (Å²) in [6.07, 6.45) is 0. The number of rotatable bonds is 7. The molecule has 2 aromatic rings. The number of nitrogens with one attached hydrogen (secondary N) is 1. The molecule has 2 rings (SSSR count). The van der Waals surface area contributed by atoms with E-state index in [1.807, 2.05) is 56.3 Å². The fraction of sp³-hybridized carbons (Fsp3) is 0.389. The van der Waals surface area contributed by atoms with Crippen molar-refractivity contribution in [2.24, 2.45) is 5.92 Å². The smallest absolute Gasteiger partial charge is 0.323 e. The monoisotopic (exact) mass is 369 g/mol. The molecule has 0 amide bonds. The third-order valence-electron chi connectivity index (χ3n) is 3.14. The minimum absolute atomic E-state index is 0. The van der Waals surface area contributed by atoms with E-state index in [2.05, 4.69) is 5.09 Å². The number of halogens is 1. The Hall–Kier alpha value is -1.35. The quantitative estimate of drug-likeness (QED) is 0.517. The Labute approximate surface area is 150 Å². The van der Waals surface area contributed by atoms with Crippen LogP contribution in [0.2, 0.25) is 0 Å². The summed E-state index contributed by atoms with van der Waals surface area (Å²) in [5.74, 6) is 0.670. The predicted octanol–water partition coefficient (Wildman–Crippen LogP) is 5.50. The third-order valence-corrected chi connectivity index (χ3v) is 4.58. The zero-order valence-corrected chi connectivity index (χ0v) is 15.1. The zero-order valence-electron chi connectivity index (χ0n) is 13.5. The van der Waals surface area contributed by atoms with Crippen molar-refractivity contribution in [1.29, 1.82) is 0 Å². The lowest BCUT2D eigenvalue weighted by Gasteiger charge is -2.18. The Morgan fingerprint density at radius 2 is 1.83 bits per heavy atom. The molecule has 0 saturated heterocycles. The summed E-state index contributed by atoms with van der Waals surface area (Å²) < 4.78 is 11.0. The molecule has 0 aliphatic rings. The van der Waals surface area contributed by atoms with Gasteiger partial charge in [-0.25, -0.2) is 5.09 Å². The Balaban J connectivity index is 0.00000288. The van der Waals surface area contributed by atoms with Crippen LogP contribution >= 0.6 is 18.9 Å². The summed E-state index contributed by atoms with van der Waals surface area (Å²) in [5.41, 5.74) is 0. The summed E-state index contributed by atoms with van der Waals surface area (Å²) in [6, 6.07) is 13.2. The van der Waals surface area contributed by atoms with E-state index in [9.17, 15) is 4.79 Å². The van der Waals surface area contributed by atoms with Crippen LogP contribution in [0.1, 0.15) is 28.2 Å². The van der Waals surface area contributed by atoms with Gasteiger partial charge in [0.05, 0.1) is 6.61 Å². The van der Waals surface area contributed by atoms with Crippen LogP contribution in [0.5, 0.6) is 5.75 Å². The van der Waals surface area contributed by atoms with Gasteiger partial charge in [-0.2, -0.15) is 0 Å². The highest BCUT2D eigenvalue weighted by atomic mass is 35.7. The normalized spacial score (nSPS) is 13.2. The van der Waals surface area contributed by atoms with Crippen molar-refractivity contribution in [3.05, 3.63) is 42.5 Å². The van der Waals surface area contributed by atoms with Crippen LogP contribution < -0.4 is 9.61 Å². The number of carbonyl (C=O) groups is 1. The highest BCUT2D eigenvalue weighted by Gasteiger charge is 2.20. The lowest BCUT2D eigenvalue weighted by molar-refractivity contribution is -0.146. The topological polar surface area (TPSA) is 47.6 Å². The minimum Gasteiger partial charge on any atom is -0.464 e. The average molecular weight is 370 g/mol. The second-order valence-electron chi connectivity index (χ2n) is 5.69. The van der Waals surface area contributed by atoms with Crippen molar-refractivity contribution in [3.8, 4) is 5.75 Å². The summed E-state index contributed by atoms with van der Waals surface area (Å²) in [6.45, 7) is 6.09. The van der Waals surface area contributed by atoms with Crippen LogP contribution in [0.25, 0.3) is 10.8 Å². The van der Waals surface area contributed by atoms with Gasteiger partial charge in [-0.3, -0.25) is 4.79 Å². The van der Waals surface area contributed by atoms with E-state index < -0.39 is 13.7 Å². The van der Waals surface area contributed by atoms with Gasteiger partial charge in [-0.1, -0.05) is 57.7 Å². The average Bonchev–Trinajstić information content (AvgIpc) is 2.52. The Morgan fingerprint density at radius 3 is 2.54 bits per heavy atom. The number of benzene rings is 2. The first-order valence-electron chi connectivity index (χ1n) is 7.52. The molecule has 2 aromatic carbocycles. The SMILES string of the molecule is C.CC(C)COC(=O)C(C)NP(Cl)Oc1cccc2ccccc12. The van der Waals surface area contributed by atoms with Gasteiger partial charge in [-0.15, -0.1) is 0 Å². The molecule has 0 heterocycles. The van der Waals surface area contributed by atoms with E-state index >= 15 is 0 Å². The van der Waals surface area contributed by atoms with Gasteiger partial charge in [0.1, 0.15) is 11.8 Å². The fourth-order valence-corrected chi connectivity index (χ4v) is 3.42. The Morgan fingerprint density at radius 1 is 1.17 bits per heavy atom. The van der Waals surface area contributed by atoms with Crippen LogP contribution in [0, 0.1) is 5.92 Å². The van der Waals surface area contributed by atoms with Gasteiger partial charge in [0.15, 0.2) is 0 Å². The maximum Gasteiger partial charge on any atom is 0.323 e. The van der Waals surface area contributed by atoms with E-state index in [-0.39, 0.29) is 13.4 Å². The van der Waals surface area contributed by atoms with Gasteiger partial charge in [-0.05, 0) is 35.5 Å². The van der Waals surface area contributed by atoms with Gasteiger partial charge in [0.25, 0.3) is 7.65 Å². The van der Waals surface area contributed by atoms with Crippen molar-refractivity contribution in [1.82, 2.24) is 5.09 Å². The van der Waals surface area contributed by atoms with Crippen molar-refractivity contribution in [2.45, 2.75) is 34.2 Å². The number of hydrogen-bond donors (Lipinski definition) is 1. The number of esters is 1. The van der Waals surface area contributed by atoms with E-state index in [4.69, 9.17) is 20.5 Å². The molecule has 4 nitrogen and oxygen atoms in total. The molecule has 6 heteroatoms. The molecule has 24 heavy (non-hydrogen) atoms. The molecule has 0 fully saturated rings. The first-order chi connectivity index (χ1) is 11.0. The lowest BCUT2D eigenvalue weighted by Crippen LogP contribution is -2.32. The maximum atomic E-state index is 11.9. The van der Waals surface area contributed by atoms with Crippen molar-refractivity contribution < 1.29 is 14.1 Å². The standard InChI is InChI=1S/C17H21ClNO3P.CH4/c1-12(2)11-21-17(20)13(3)19-23(18)22-16-10-6-8-14-7-4-5-9-15(14)16;/h4-10,12-13,19H,11H2,1-3H3;1H4. The Kier molecular flexibility index (Phi) is 8.47. The number of carbonyl (C=O) groups excluding carboxylic acids is 1. The lowest BCUT2D eigenvalue weighted by atomic mass is 10.1. The van der Waals surface area contributed by atoms with Crippen LogP contribution in [0.15, 0.2) is 42.5 Å². The summed E-state index contributed by atoms with van der Waals surface area (Å²) >= 11 is 6.24. The first kappa shape index (κ1) is 20.7. The molecule has 0 aliphatic carbocycles. The Bertz CT molecular complexity index is 660. The maximum absolute atomic E-state index is 11.9. The summed E-state index contributed by atoms with van der Waals surface area (Å²) in [7, 11) is -1.51. The highest BCUT2D eigenvalue weighted by Crippen LogP contribution is 2.42. The zero-order chi connectivity index (χ0) is 16.8. The molecule has 0 aliphatic heterocycles.